The Balaban J connectivity index is 3.81. The molecule has 0 heterocycles. The molecule has 0 aromatic carbocycles. The van der Waals surface area contributed by atoms with E-state index in [1.165, 1.54) is 0 Å². The van der Waals surface area contributed by atoms with Crippen molar-refractivity contribution in [3.8, 4) is 0 Å². The van der Waals surface area contributed by atoms with Gasteiger partial charge in [0, 0.05) is 0 Å². The predicted octanol–water partition coefficient (Wildman–Crippen LogP) is 3.97. The number of rotatable bonds is 6. The van der Waals surface area contributed by atoms with Crippen LogP contribution in [0.2, 0.25) is 0 Å². The Kier molecular flexibility index (Phi) is 6.45. The van der Waals surface area contributed by atoms with Crippen LogP contribution in [0.1, 0.15) is 26.7 Å². The smallest absolute Gasteiger partial charge is 0.0196 e. The maximum absolute atomic E-state index is 3.83. The molecule has 0 spiro atoms. The zero-order chi connectivity index (χ0) is 9.40. The Hall–Kier alpha value is -0.780. The highest BCUT2D eigenvalue weighted by Crippen LogP contribution is 2.17. The number of hydrogen-bond acceptors (Lipinski definition) is 0. The molecule has 0 unspecified atom stereocenters. The van der Waals surface area contributed by atoms with Gasteiger partial charge in [-0.2, -0.15) is 0 Å². The van der Waals surface area contributed by atoms with E-state index in [9.17, 15) is 0 Å². The summed E-state index contributed by atoms with van der Waals surface area (Å²) in [6.45, 7) is 11.9. The van der Waals surface area contributed by atoms with Crippen LogP contribution in [-0.2, 0) is 0 Å². The van der Waals surface area contributed by atoms with Crippen LogP contribution in [0.5, 0.6) is 0 Å². The van der Waals surface area contributed by atoms with Crippen molar-refractivity contribution in [1.82, 2.24) is 0 Å². The van der Waals surface area contributed by atoms with E-state index in [-0.39, 0.29) is 0 Å². The van der Waals surface area contributed by atoms with Gasteiger partial charge in [0.15, 0.2) is 0 Å². The average Bonchev–Trinajstić information content (AvgIpc) is 2.11. The summed E-state index contributed by atoms with van der Waals surface area (Å²) in [5.41, 5.74) is 0. The first kappa shape index (κ1) is 11.2. The summed E-state index contributed by atoms with van der Waals surface area (Å²) in [4.78, 5) is 0. The number of allylic oxidation sites excluding steroid dienone is 4. The monoisotopic (exact) mass is 164 g/mol. The van der Waals surface area contributed by atoms with Gasteiger partial charge in [-0.1, -0.05) is 31.2 Å². The van der Waals surface area contributed by atoms with Crippen molar-refractivity contribution in [1.29, 1.82) is 0 Å². The molecule has 68 valence electrons. The van der Waals surface area contributed by atoms with Gasteiger partial charge in [0.2, 0.25) is 0 Å². The van der Waals surface area contributed by atoms with Crippen LogP contribution in [0.3, 0.4) is 0 Å². The summed E-state index contributed by atoms with van der Waals surface area (Å²) in [5.74, 6) is 1.20. The van der Waals surface area contributed by atoms with Crippen LogP contribution < -0.4 is 0 Å². The predicted molar refractivity (Wildman–Crippen MR) is 57.1 cm³/mol. The molecule has 12 heavy (non-hydrogen) atoms. The maximum atomic E-state index is 3.83. The fourth-order valence-corrected chi connectivity index (χ4v) is 1.17. The molecule has 0 bridgehead atoms. The van der Waals surface area contributed by atoms with Gasteiger partial charge < -0.3 is 0 Å². The van der Waals surface area contributed by atoms with Crippen molar-refractivity contribution < 1.29 is 0 Å². The van der Waals surface area contributed by atoms with Crippen LogP contribution in [0, 0.1) is 11.8 Å². The van der Waals surface area contributed by atoms with Crippen LogP contribution >= 0.6 is 0 Å². The molecule has 0 N–H and O–H groups in total. The van der Waals surface area contributed by atoms with Crippen molar-refractivity contribution in [3.05, 3.63) is 37.5 Å². The first-order chi connectivity index (χ1) is 5.74. The normalized spacial score (nSPS) is 15.8. The molecular formula is C12H20. The van der Waals surface area contributed by atoms with Crippen molar-refractivity contribution in [3.63, 3.8) is 0 Å². The van der Waals surface area contributed by atoms with Crippen molar-refractivity contribution in [2.75, 3.05) is 0 Å². The van der Waals surface area contributed by atoms with Gasteiger partial charge in [-0.3, -0.25) is 0 Å². The Morgan fingerprint density at radius 2 is 1.92 bits per heavy atom. The highest BCUT2D eigenvalue weighted by atomic mass is 14.1. The number of hydrogen-bond donors (Lipinski definition) is 0. The zero-order valence-electron chi connectivity index (χ0n) is 8.29. The van der Waals surface area contributed by atoms with E-state index >= 15 is 0 Å². The molecule has 0 aliphatic carbocycles. The lowest BCUT2D eigenvalue weighted by Gasteiger charge is -2.12. The highest BCUT2D eigenvalue weighted by Gasteiger charge is 2.05. The molecule has 0 rings (SSSR count). The minimum atomic E-state index is 0.596. The van der Waals surface area contributed by atoms with Crippen LogP contribution in [0.15, 0.2) is 37.5 Å². The average molecular weight is 164 g/mol. The minimum absolute atomic E-state index is 0.596. The van der Waals surface area contributed by atoms with E-state index in [0.717, 1.165) is 12.8 Å². The van der Waals surface area contributed by atoms with E-state index in [1.54, 1.807) is 0 Å². The van der Waals surface area contributed by atoms with Gasteiger partial charge in [-0.15, -0.1) is 13.2 Å². The molecule has 0 radical (unpaired) electrons. The molecule has 0 saturated heterocycles. The Morgan fingerprint density at radius 3 is 2.33 bits per heavy atom. The Bertz CT molecular complexity index is 153. The fourth-order valence-electron chi connectivity index (χ4n) is 1.17. The van der Waals surface area contributed by atoms with E-state index < -0.39 is 0 Å². The molecule has 0 aromatic rings. The Labute approximate surface area is 76.7 Å². The third-order valence-corrected chi connectivity index (χ3v) is 2.08. The second-order valence-electron chi connectivity index (χ2n) is 3.25. The maximum Gasteiger partial charge on any atom is -0.0196 e. The molecule has 2 atom stereocenters. The second-order valence-corrected chi connectivity index (χ2v) is 3.25. The Morgan fingerprint density at radius 1 is 1.25 bits per heavy atom. The molecular weight excluding hydrogens is 144 g/mol. The van der Waals surface area contributed by atoms with Crippen LogP contribution in [0.25, 0.3) is 0 Å². The standard InChI is InChI=1S/C12H20/c1-5-8-9-12(7-3)10-11(4)6-2/h5-8,11-12H,2-3,9-10H2,1,4H3/t11-,12+/m0/s1. The molecule has 0 aliphatic heterocycles. The van der Waals surface area contributed by atoms with Gasteiger partial charge in [-0.05, 0) is 31.6 Å². The third kappa shape index (κ3) is 4.95. The van der Waals surface area contributed by atoms with Crippen molar-refractivity contribution in [2.24, 2.45) is 11.8 Å². The summed E-state index contributed by atoms with van der Waals surface area (Å²) >= 11 is 0. The first-order valence-electron chi connectivity index (χ1n) is 4.60. The SMILES string of the molecule is C=C[C@H](CC=CC)C[C@@H](C)C=C. The topological polar surface area (TPSA) is 0 Å². The summed E-state index contributed by atoms with van der Waals surface area (Å²) in [5, 5.41) is 0. The van der Waals surface area contributed by atoms with E-state index in [2.05, 4.69) is 39.2 Å². The van der Waals surface area contributed by atoms with Gasteiger partial charge >= 0.3 is 0 Å². The van der Waals surface area contributed by atoms with E-state index in [4.69, 9.17) is 0 Å². The summed E-state index contributed by atoms with van der Waals surface area (Å²) in [7, 11) is 0. The quantitative estimate of drug-likeness (QED) is 0.521. The van der Waals surface area contributed by atoms with Crippen LogP contribution in [-0.4, -0.2) is 0 Å². The molecule has 0 saturated carbocycles. The molecule has 0 aromatic heterocycles. The molecule has 0 fully saturated rings. The lowest BCUT2D eigenvalue weighted by atomic mass is 9.93. The van der Waals surface area contributed by atoms with Gasteiger partial charge in [0.05, 0.1) is 0 Å². The molecule has 0 aliphatic rings. The van der Waals surface area contributed by atoms with Crippen LogP contribution in [0.4, 0.5) is 0 Å². The highest BCUT2D eigenvalue weighted by molar-refractivity contribution is 4.91. The third-order valence-electron chi connectivity index (χ3n) is 2.08. The minimum Gasteiger partial charge on any atom is -0.103 e. The fraction of sp³-hybridized carbons (Fsp3) is 0.500. The summed E-state index contributed by atoms with van der Waals surface area (Å²) < 4.78 is 0. The summed E-state index contributed by atoms with van der Waals surface area (Å²) in [6, 6.07) is 0. The van der Waals surface area contributed by atoms with Gasteiger partial charge in [0.25, 0.3) is 0 Å². The zero-order valence-corrected chi connectivity index (χ0v) is 8.29. The van der Waals surface area contributed by atoms with E-state index in [0.29, 0.717) is 11.8 Å². The van der Waals surface area contributed by atoms with Gasteiger partial charge in [0.1, 0.15) is 0 Å². The van der Waals surface area contributed by atoms with Crippen molar-refractivity contribution >= 4 is 0 Å². The second kappa shape index (κ2) is 6.90. The van der Waals surface area contributed by atoms with E-state index in [1.807, 2.05) is 12.2 Å². The largest absolute Gasteiger partial charge is 0.103 e. The van der Waals surface area contributed by atoms with Gasteiger partial charge in [-0.25, -0.2) is 0 Å². The first-order valence-corrected chi connectivity index (χ1v) is 4.60. The van der Waals surface area contributed by atoms with Crippen molar-refractivity contribution in [2.45, 2.75) is 26.7 Å². The lowest BCUT2D eigenvalue weighted by molar-refractivity contribution is 0.515. The lowest BCUT2D eigenvalue weighted by Crippen LogP contribution is -2.00. The molecule has 0 heteroatoms. The molecule has 0 nitrogen and oxygen atoms in total. The molecule has 0 amide bonds. The summed E-state index contributed by atoms with van der Waals surface area (Å²) in [6.07, 6.45) is 10.6.